The lowest BCUT2D eigenvalue weighted by atomic mass is 9.86. The highest BCUT2D eigenvalue weighted by molar-refractivity contribution is 7.89. The van der Waals surface area contributed by atoms with Gasteiger partial charge in [0, 0.05) is 38.3 Å². The molecule has 0 amide bonds. The SMILES string of the molecule is Cc1ccc(S(=O)(=O)N2CC3(C[C@H](Oc4cnccn4)CCO3)C2)cc1. The number of aryl methyl sites for hydroxylation is 1. The zero-order chi connectivity index (χ0) is 18.2. The number of hydrogen-bond donors (Lipinski definition) is 0. The van der Waals surface area contributed by atoms with Crippen LogP contribution in [0.2, 0.25) is 0 Å². The van der Waals surface area contributed by atoms with E-state index < -0.39 is 15.6 Å². The van der Waals surface area contributed by atoms with Gasteiger partial charge in [0.05, 0.1) is 23.3 Å². The van der Waals surface area contributed by atoms with E-state index in [-0.39, 0.29) is 6.10 Å². The van der Waals surface area contributed by atoms with Gasteiger partial charge in [-0.1, -0.05) is 17.7 Å². The quantitative estimate of drug-likeness (QED) is 0.810. The molecule has 1 spiro atoms. The summed E-state index contributed by atoms with van der Waals surface area (Å²) in [5.74, 6) is 0.484. The van der Waals surface area contributed by atoms with E-state index in [9.17, 15) is 8.42 Å². The van der Waals surface area contributed by atoms with Crippen LogP contribution in [0.3, 0.4) is 0 Å². The third-order valence-corrected chi connectivity index (χ3v) is 6.67. The van der Waals surface area contributed by atoms with Crippen molar-refractivity contribution >= 4 is 10.0 Å². The molecule has 1 aromatic carbocycles. The van der Waals surface area contributed by atoms with Gasteiger partial charge in [-0.3, -0.25) is 4.98 Å². The third kappa shape index (κ3) is 3.32. The summed E-state index contributed by atoms with van der Waals surface area (Å²) in [4.78, 5) is 8.45. The number of aromatic nitrogens is 2. The Hall–Kier alpha value is -2.03. The molecule has 2 aliphatic rings. The summed E-state index contributed by atoms with van der Waals surface area (Å²) in [6, 6.07) is 6.92. The average Bonchev–Trinajstić information content (AvgIpc) is 2.61. The fourth-order valence-corrected chi connectivity index (χ4v) is 5.04. The summed E-state index contributed by atoms with van der Waals surface area (Å²) in [5.41, 5.74) is 0.562. The molecule has 7 nitrogen and oxygen atoms in total. The number of ether oxygens (including phenoxy) is 2. The lowest BCUT2D eigenvalue weighted by molar-refractivity contribution is -0.165. The van der Waals surface area contributed by atoms with Crippen molar-refractivity contribution in [3.05, 3.63) is 48.4 Å². The van der Waals surface area contributed by atoms with E-state index in [0.717, 1.165) is 12.0 Å². The van der Waals surface area contributed by atoms with Crippen molar-refractivity contribution in [3.8, 4) is 5.88 Å². The van der Waals surface area contributed by atoms with Gasteiger partial charge in [0.15, 0.2) is 0 Å². The average molecular weight is 375 g/mol. The van der Waals surface area contributed by atoms with Crippen molar-refractivity contribution in [2.45, 2.75) is 36.4 Å². The Balaban J connectivity index is 1.41. The molecule has 2 saturated heterocycles. The highest BCUT2D eigenvalue weighted by Crippen LogP contribution is 2.38. The Labute approximate surface area is 153 Å². The lowest BCUT2D eigenvalue weighted by Gasteiger charge is -2.51. The van der Waals surface area contributed by atoms with Crippen molar-refractivity contribution in [1.29, 1.82) is 0 Å². The van der Waals surface area contributed by atoms with E-state index in [1.54, 1.807) is 30.7 Å². The maximum Gasteiger partial charge on any atom is 0.243 e. The van der Waals surface area contributed by atoms with Crippen LogP contribution in [0, 0.1) is 6.92 Å². The predicted molar refractivity (Wildman–Crippen MR) is 94.3 cm³/mol. The van der Waals surface area contributed by atoms with Gasteiger partial charge in [-0.05, 0) is 19.1 Å². The van der Waals surface area contributed by atoms with Crippen LogP contribution in [0.1, 0.15) is 18.4 Å². The summed E-state index contributed by atoms with van der Waals surface area (Å²) >= 11 is 0. The van der Waals surface area contributed by atoms with Crippen molar-refractivity contribution in [3.63, 3.8) is 0 Å². The molecule has 3 heterocycles. The maximum absolute atomic E-state index is 12.7. The topological polar surface area (TPSA) is 81.6 Å². The second kappa shape index (κ2) is 6.61. The van der Waals surface area contributed by atoms with Crippen LogP contribution in [0.15, 0.2) is 47.8 Å². The Morgan fingerprint density at radius 3 is 2.69 bits per heavy atom. The van der Waals surface area contributed by atoms with E-state index in [4.69, 9.17) is 9.47 Å². The van der Waals surface area contributed by atoms with Gasteiger partial charge in [-0.25, -0.2) is 13.4 Å². The van der Waals surface area contributed by atoms with Gasteiger partial charge < -0.3 is 9.47 Å². The van der Waals surface area contributed by atoms with E-state index in [2.05, 4.69) is 9.97 Å². The first-order chi connectivity index (χ1) is 12.5. The molecular weight excluding hydrogens is 354 g/mol. The second-order valence-corrected chi connectivity index (χ2v) is 8.83. The molecule has 1 atom stereocenters. The Bertz CT molecular complexity index is 865. The molecule has 8 heteroatoms. The summed E-state index contributed by atoms with van der Waals surface area (Å²) in [6.07, 6.45) is 6.11. The molecule has 0 unspecified atom stereocenters. The van der Waals surface area contributed by atoms with Crippen LogP contribution in [0.4, 0.5) is 0 Å². The molecule has 138 valence electrons. The van der Waals surface area contributed by atoms with Gasteiger partial charge in [0.25, 0.3) is 0 Å². The molecule has 2 fully saturated rings. The second-order valence-electron chi connectivity index (χ2n) is 6.89. The molecule has 0 aliphatic carbocycles. The molecule has 1 aromatic heterocycles. The van der Waals surface area contributed by atoms with Gasteiger partial charge in [0.2, 0.25) is 15.9 Å². The number of sulfonamides is 1. The van der Waals surface area contributed by atoms with Gasteiger partial charge >= 0.3 is 0 Å². The molecule has 4 rings (SSSR count). The van der Waals surface area contributed by atoms with Crippen molar-refractivity contribution in [1.82, 2.24) is 14.3 Å². The Kier molecular flexibility index (Phi) is 4.42. The highest BCUT2D eigenvalue weighted by atomic mass is 32.2. The minimum atomic E-state index is -3.48. The summed E-state index contributed by atoms with van der Waals surface area (Å²) in [7, 11) is -3.48. The number of nitrogens with zero attached hydrogens (tertiary/aromatic N) is 3. The van der Waals surface area contributed by atoms with Crippen molar-refractivity contribution in [2.24, 2.45) is 0 Å². The first-order valence-corrected chi connectivity index (χ1v) is 10.0. The van der Waals surface area contributed by atoms with Crippen LogP contribution in [0.25, 0.3) is 0 Å². The fourth-order valence-electron chi connectivity index (χ4n) is 3.45. The van der Waals surface area contributed by atoms with Crippen molar-refractivity contribution < 1.29 is 17.9 Å². The number of hydrogen-bond acceptors (Lipinski definition) is 6. The normalized spacial score (nSPS) is 22.7. The minimum Gasteiger partial charge on any atom is -0.473 e. The van der Waals surface area contributed by atoms with Crippen LogP contribution in [-0.2, 0) is 14.8 Å². The monoisotopic (exact) mass is 375 g/mol. The Morgan fingerprint density at radius 1 is 1.23 bits per heavy atom. The zero-order valence-electron chi connectivity index (χ0n) is 14.5. The molecule has 0 radical (unpaired) electrons. The summed E-state index contributed by atoms with van der Waals surface area (Å²) < 4.78 is 38.8. The van der Waals surface area contributed by atoms with Crippen LogP contribution in [-0.4, -0.2) is 54.1 Å². The highest BCUT2D eigenvalue weighted by Gasteiger charge is 2.52. The largest absolute Gasteiger partial charge is 0.473 e. The summed E-state index contributed by atoms with van der Waals surface area (Å²) in [5, 5.41) is 0. The molecule has 0 N–H and O–H groups in total. The van der Waals surface area contributed by atoms with Crippen LogP contribution >= 0.6 is 0 Å². The molecular formula is C18H21N3O4S. The molecule has 26 heavy (non-hydrogen) atoms. The van der Waals surface area contributed by atoms with Gasteiger partial charge in [0.1, 0.15) is 6.10 Å². The van der Waals surface area contributed by atoms with Gasteiger partial charge in [-0.2, -0.15) is 4.31 Å². The smallest absolute Gasteiger partial charge is 0.243 e. The first kappa shape index (κ1) is 17.4. The zero-order valence-corrected chi connectivity index (χ0v) is 15.4. The number of rotatable bonds is 4. The van der Waals surface area contributed by atoms with Crippen LogP contribution in [0.5, 0.6) is 5.88 Å². The van der Waals surface area contributed by atoms with Gasteiger partial charge in [-0.15, -0.1) is 0 Å². The Morgan fingerprint density at radius 2 is 2.00 bits per heavy atom. The first-order valence-electron chi connectivity index (χ1n) is 8.60. The van der Waals surface area contributed by atoms with E-state index in [0.29, 0.717) is 36.9 Å². The third-order valence-electron chi connectivity index (χ3n) is 4.86. The van der Waals surface area contributed by atoms with E-state index >= 15 is 0 Å². The standard InChI is InChI=1S/C18H21N3O4S/c1-14-2-4-16(5-3-14)26(22,23)21-12-18(13-21)10-15(6-9-24-18)25-17-11-19-7-8-20-17/h2-5,7-8,11,15H,6,9-10,12-13H2,1H3/t15-/m1/s1. The number of benzene rings is 1. The molecule has 2 aromatic rings. The minimum absolute atomic E-state index is 0.0512. The molecule has 0 bridgehead atoms. The van der Waals surface area contributed by atoms with E-state index in [1.165, 1.54) is 4.31 Å². The fraction of sp³-hybridized carbons (Fsp3) is 0.444. The maximum atomic E-state index is 12.7. The lowest BCUT2D eigenvalue weighted by Crippen LogP contribution is -2.67. The van der Waals surface area contributed by atoms with Crippen LogP contribution < -0.4 is 4.74 Å². The van der Waals surface area contributed by atoms with Crippen molar-refractivity contribution in [2.75, 3.05) is 19.7 Å². The van der Waals surface area contributed by atoms with E-state index in [1.807, 2.05) is 19.1 Å². The molecule has 0 saturated carbocycles. The predicted octanol–water partition coefficient (Wildman–Crippen LogP) is 1.79. The summed E-state index contributed by atoms with van der Waals surface area (Å²) in [6.45, 7) is 3.18. The molecule has 2 aliphatic heterocycles.